The van der Waals surface area contributed by atoms with Gasteiger partial charge < -0.3 is 10.6 Å². The number of piperidine rings is 1. The zero-order valence-corrected chi connectivity index (χ0v) is 15.1. The number of benzene rings is 1. The van der Waals surface area contributed by atoms with E-state index in [1.165, 1.54) is 48.0 Å². The Morgan fingerprint density at radius 2 is 1.96 bits per heavy atom. The number of amides is 1. The summed E-state index contributed by atoms with van der Waals surface area (Å²) < 4.78 is 1.49. The second kappa shape index (κ2) is 7.19. The molecular weight excluding hydrogens is 328 g/mol. The molecule has 1 saturated heterocycles. The van der Waals surface area contributed by atoms with Crippen LogP contribution in [0.3, 0.4) is 0 Å². The third-order valence-electron chi connectivity index (χ3n) is 6.15. The summed E-state index contributed by atoms with van der Waals surface area (Å²) in [5.74, 6) is 0.979. The van der Waals surface area contributed by atoms with E-state index >= 15 is 0 Å². The molecule has 0 bridgehead atoms. The second-order valence-electron chi connectivity index (χ2n) is 7.78. The maximum atomic E-state index is 12.9. The number of fused-ring (bicyclic) bond motifs is 2. The predicted octanol–water partition coefficient (Wildman–Crippen LogP) is 0.619. The third-order valence-corrected chi connectivity index (χ3v) is 6.15. The number of nitrogens with two attached hydrogens (primary N) is 1. The maximum Gasteiger partial charge on any atom is 0.262 e. The van der Waals surface area contributed by atoms with Crippen LogP contribution in [-0.4, -0.2) is 28.0 Å². The van der Waals surface area contributed by atoms with Gasteiger partial charge in [0.15, 0.2) is 5.82 Å². The van der Waals surface area contributed by atoms with Crippen LogP contribution in [0.15, 0.2) is 29.1 Å². The molecule has 3 N–H and O–H groups in total. The molecule has 0 radical (unpaired) electrons. The number of nitrogens with one attached hydrogen (secondary N) is 1. The van der Waals surface area contributed by atoms with Gasteiger partial charge in [0, 0.05) is 5.92 Å². The van der Waals surface area contributed by atoms with Crippen molar-refractivity contribution in [3.8, 4) is 0 Å². The molecule has 0 spiro atoms. The van der Waals surface area contributed by atoms with Crippen molar-refractivity contribution < 1.29 is 9.69 Å². The van der Waals surface area contributed by atoms with Crippen molar-refractivity contribution in [1.29, 1.82) is 0 Å². The zero-order valence-electron chi connectivity index (χ0n) is 15.1. The van der Waals surface area contributed by atoms with E-state index in [-0.39, 0.29) is 12.1 Å². The first-order chi connectivity index (χ1) is 12.6. The van der Waals surface area contributed by atoms with Crippen molar-refractivity contribution in [2.75, 3.05) is 6.54 Å². The summed E-state index contributed by atoms with van der Waals surface area (Å²) in [6.45, 7) is 1.70. The first kappa shape index (κ1) is 17.2. The third kappa shape index (κ3) is 3.26. The van der Waals surface area contributed by atoms with Gasteiger partial charge in [-0.15, -0.1) is 0 Å². The summed E-state index contributed by atoms with van der Waals surface area (Å²) in [5.41, 5.74) is 5.95. The molecule has 2 aliphatic rings. The Labute approximate surface area is 153 Å². The molecule has 1 aromatic carbocycles. The predicted molar refractivity (Wildman–Crippen MR) is 99.7 cm³/mol. The maximum absolute atomic E-state index is 12.9. The number of primary amides is 1. The van der Waals surface area contributed by atoms with Crippen molar-refractivity contribution in [1.82, 2.24) is 9.55 Å². The number of para-hydroxylation sites is 1. The van der Waals surface area contributed by atoms with Crippen molar-refractivity contribution >= 4 is 16.8 Å². The molecule has 1 aromatic heterocycles. The Hall–Kier alpha value is -2.21. The van der Waals surface area contributed by atoms with Crippen LogP contribution >= 0.6 is 0 Å². The number of carbonyl (C=O) groups excluding carboxylic acids is 1. The molecule has 6 heteroatoms. The van der Waals surface area contributed by atoms with Gasteiger partial charge in [-0.2, -0.15) is 0 Å². The van der Waals surface area contributed by atoms with E-state index in [0.717, 1.165) is 12.5 Å². The number of likely N-dealkylation sites (tertiary alicyclic amines) is 1. The minimum absolute atomic E-state index is 0.104. The molecule has 26 heavy (non-hydrogen) atoms. The van der Waals surface area contributed by atoms with Gasteiger partial charge in [0.05, 0.1) is 23.5 Å². The highest BCUT2D eigenvalue weighted by Gasteiger charge is 2.37. The Morgan fingerprint density at radius 1 is 1.19 bits per heavy atom. The van der Waals surface area contributed by atoms with Crippen LogP contribution < -0.4 is 16.2 Å². The van der Waals surface area contributed by atoms with Crippen LogP contribution in [-0.2, 0) is 17.9 Å². The van der Waals surface area contributed by atoms with Gasteiger partial charge in [0.25, 0.3) is 5.56 Å². The van der Waals surface area contributed by atoms with E-state index in [1.54, 1.807) is 6.07 Å². The van der Waals surface area contributed by atoms with Crippen LogP contribution in [0.4, 0.5) is 0 Å². The zero-order chi connectivity index (χ0) is 18.1. The summed E-state index contributed by atoms with van der Waals surface area (Å²) in [6.07, 6.45) is 7.78. The number of quaternary nitrogens is 1. The van der Waals surface area contributed by atoms with Crippen molar-refractivity contribution in [2.24, 2.45) is 11.7 Å². The quantitative estimate of drug-likeness (QED) is 0.843. The Bertz CT molecular complexity index is 874. The Kier molecular flexibility index (Phi) is 4.76. The van der Waals surface area contributed by atoms with Crippen LogP contribution in [0.5, 0.6) is 0 Å². The summed E-state index contributed by atoms with van der Waals surface area (Å²) in [7, 11) is 0. The summed E-state index contributed by atoms with van der Waals surface area (Å²) in [4.78, 5) is 30.7. The Morgan fingerprint density at radius 3 is 2.81 bits per heavy atom. The highest BCUT2D eigenvalue weighted by atomic mass is 16.2. The average molecular weight is 355 g/mol. The Balaban J connectivity index is 1.72. The van der Waals surface area contributed by atoms with E-state index in [0.29, 0.717) is 29.3 Å². The van der Waals surface area contributed by atoms with Gasteiger partial charge in [0.2, 0.25) is 5.91 Å². The first-order valence-corrected chi connectivity index (χ1v) is 9.75. The molecule has 3 atom stereocenters. The fraction of sp³-hybridized carbons (Fsp3) is 0.550. The summed E-state index contributed by atoms with van der Waals surface area (Å²) >= 11 is 0. The van der Waals surface area contributed by atoms with Crippen molar-refractivity contribution in [3.05, 3.63) is 40.4 Å². The minimum atomic E-state index is -0.505. The standard InChI is InChI=1S/C20H26N4O2/c21-18(25)12-24-19(22-16-9-3-2-8-15(16)20(24)26)13-23-11-5-7-14-6-1-4-10-17(14)23/h2-3,8-9,14,17H,1,4-7,10-13H2,(H2,21,25)/p+1/t14-,17+/m1/s1. The lowest BCUT2D eigenvalue weighted by Gasteiger charge is -2.41. The first-order valence-electron chi connectivity index (χ1n) is 9.75. The van der Waals surface area contributed by atoms with Gasteiger partial charge in [-0.05, 0) is 44.2 Å². The smallest absolute Gasteiger partial charge is 0.262 e. The minimum Gasteiger partial charge on any atom is -0.368 e. The molecule has 1 aliphatic carbocycles. The van der Waals surface area contributed by atoms with Crippen LogP contribution in [0.2, 0.25) is 0 Å². The lowest BCUT2D eigenvalue weighted by Crippen LogP contribution is -3.16. The van der Waals surface area contributed by atoms with Gasteiger partial charge in [-0.1, -0.05) is 18.6 Å². The highest BCUT2D eigenvalue weighted by Crippen LogP contribution is 2.28. The molecular formula is C20H27N4O2+. The average Bonchev–Trinajstić information content (AvgIpc) is 2.65. The van der Waals surface area contributed by atoms with Crippen molar-refractivity contribution in [2.45, 2.75) is 57.7 Å². The molecule has 1 aliphatic heterocycles. The number of nitrogens with zero attached hydrogens (tertiary/aromatic N) is 2. The molecule has 138 valence electrons. The SMILES string of the molecule is NC(=O)Cn1c(C[NH+]2CCC[C@H]3CCCC[C@@H]32)nc2ccccc2c1=O. The van der Waals surface area contributed by atoms with Crippen LogP contribution in [0.1, 0.15) is 44.3 Å². The highest BCUT2D eigenvalue weighted by molar-refractivity contribution is 5.78. The lowest BCUT2D eigenvalue weighted by atomic mass is 9.78. The number of aromatic nitrogens is 2. The van der Waals surface area contributed by atoms with E-state index in [1.807, 2.05) is 18.2 Å². The number of hydrogen-bond donors (Lipinski definition) is 2. The lowest BCUT2D eigenvalue weighted by molar-refractivity contribution is -0.949. The molecule has 4 rings (SSSR count). The fourth-order valence-electron chi connectivity index (χ4n) is 4.96. The van der Waals surface area contributed by atoms with Gasteiger partial charge in [-0.3, -0.25) is 14.2 Å². The fourth-order valence-corrected chi connectivity index (χ4v) is 4.96. The normalized spacial score (nSPS) is 25.8. The molecule has 2 fully saturated rings. The topological polar surface area (TPSA) is 82.4 Å². The largest absolute Gasteiger partial charge is 0.368 e. The molecule has 2 heterocycles. The summed E-state index contributed by atoms with van der Waals surface area (Å²) in [5, 5.41) is 0.543. The van der Waals surface area contributed by atoms with Gasteiger partial charge >= 0.3 is 0 Å². The van der Waals surface area contributed by atoms with Crippen molar-refractivity contribution in [3.63, 3.8) is 0 Å². The van der Waals surface area contributed by atoms with E-state index < -0.39 is 5.91 Å². The number of hydrogen-bond acceptors (Lipinski definition) is 3. The number of rotatable bonds is 4. The van der Waals surface area contributed by atoms with Crippen LogP contribution in [0, 0.1) is 5.92 Å². The summed E-state index contributed by atoms with van der Waals surface area (Å²) in [6, 6.07) is 7.99. The molecule has 6 nitrogen and oxygen atoms in total. The molecule has 2 aromatic rings. The van der Waals surface area contributed by atoms with Gasteiger partial charge in [0.1, 0.15) is 13.1 Å². The van der Waals surface area contributed by atoms with E-state index in [2.05, 4.69) is 0 Å². The van der Waals surface area contributed by atoms with Crippen LogP contribution in [0.25, 0.3) is 10.9 Å². The van der Waals surface area contributed by atoms with Gasteiger partial charge in [-0.25, -0.2) is 4.98 Å². The van der Waals surface area contributed by atoms with E-state index in [4.69, 9.17) is 10.7 Å². The molecule has 1 amide bonds. The molecule has 1 saturated carbocycles. The second-order valence-corrected chi connectivity index (χ2v) is 7.78. The monoisotopic (exact) mass is 355 g/mol. The number of carbonyl (C=O) groups is 1. The van der Waals surface area contributed by atoms with E-state index in [9.17, 15) is 9.59 Å². The molecule has 1 unspecified atom stereocenters.